The maximum absolute atomic E-state index is 11.5. The minimum atomic E-state index is -0.151. The van der Waals surface area contributed by atoms with Crippen molar-refractivity contribution in [3.8, 4) is 11.4 Å². The highest BCUT2D eigenvalue weighted by Gasteiger charge is 2.14. The molecule has 0 atom stereocenters. The van der Waals surface area contributed by atoms with Gasteiger partial charge in [-0.15, -0.1) is 0 Å². The van der Waals surface area contributed by atoms with E-state index in [-0.39, 0.29) is 5.56 Å². The van der Waals surface area contributed by atoms with E-state index in [1.807, 2.05) is 31.2 Å². The molecule has 90 valence electrons. The number of para-hydroxylation sites is 1. The molecule has 1 aromatic carbocycles. The first-order valence-electron chi connectivity index (χ1n) is 5.71. The molecule has 4 heteroatoms. The van der Waals surface area contributed by atoms with Crippen molar-refractivity contribution >= 4 is 11.0 Å². The van der Waals surface area contributed by atoms with E-state index < -0.39 is 0 Å². The fourth-order valence-corrected chi connectivity index (χ4v) is 2.16. The average Bonchev–Trinajstić information content (AvgIpc) is 2.63. The fraction of sp³-hybridized carbons (Fsp3) is 0.143. The highest BCUT2D eigenvalue weighted by Crippen LogP contribution is 2.31. The zero-order chi connectivity index (χ0) is 12.7. The maximum atomic E-state index is 11.5. The van der Waals surface area contributed by atoms with Crippen LogP contribution in [0.4, 0.5) is 0 Å². The van der Waals surface area contributed by atoms with Gasteiger partial charge in [0.2, 0.25) is 0 Å². The van der Waals surface area contributed by atoms with Crippen LogP contribution in [-0.2, 0) is 0 Å². The molecular weight excluding hydrogens is 228 g/mol. The minimum absolute atomic E-state index is 0.151. The van der Waals surface area contributed by atoms with Gasteiger partial charge in [-0.2, -0.15) is 0 Å². The van der Waals surface area contributed by atoms with Crippen molar-refractivity contribution in [2.75, 3.05) is 0 Å². The summed E-state index contributed by atoms with van der Waals surface area (Å²) < 4.78 is 5.67. The fourth-order valence-electron chi connectivity index (χ4n) is 2.16. The van der Waals surface area contributed by atoms with Crippen LogP contribution in [0.5, 0.6) is 0 Å². The molecule has 0 saturated carbocycles. The third kappa shape index (κ3) is 1.62. The van der Waals surface area contributed by atoms with Gasteiger partial charge < -0.3 is 9.40 Å². The van der Waals surface area contributed by atoms with Crippen molar-refractivity contribution in [3.05, 3.63) is 52.1 Å². The van der Waals surface area contributed by atoms with Gasteiger partial charge in [-0.1, -0.05) is 18.2 Å². The Kier molecular flexibility index (Phi) is 2.30. The second kappa shape index (κ2) is 3.84. The monoisotopic (exact) mass is 240 g/mol. The lowest BCUT2D eigenvalue weighted by atomic mass is 10.1. The molecule has 0 bridgehead atoms. The van der Waals surface area contributed by atoms with Gasteiger partial charge in [-0.25, -0.2) is 4.98 Å². The quantitative estimate of drug-likeness (QED) is 0.711. The highest BCUT2D eigenvalue weighted by atomic mass is 16.3. The summed E-state index contributed by atoms with van der Waals surface area (Å²) in [6.45, 7) is 3.67. The van der Waals surface area contributed by atoms with Crippen LogP contribution in [0, 0.1) is 13.8 Å². The number of H-pyrrole nitrogens is 1. The van der Waals surface area contributed by atoms with E-state index in [9.17, 15) is 4.79 Å². The SMILES string of the molecule is Cc1cc(=O)[nH]c(-c2c(C)oc3ccccc23)n1. The summed E-state index contributed by atoms with van der Waals surface area (Å²) in [6, 6.07) is 9.19. The van der Waals surface area contributed by atoms with E-state index in [2.05, 4.69) is 9.97 Å². The zero-order valence-corrected chi connectivity index (χ0v) is 10.2. The van der Waals surface area contributed by atoms with Crippen molar-refractivity contribution in [1.82, 2.24) is 9.97 Å². The molecule has 2 heterocycles. The Morgan fingerprint density at radius 2 is 2.00 bits per heavy atom. The second-order valence-corrected chi connectivity index (χ2v) is 4.26. The number of rotatable bonds is 1. The predicted molar refractivity (Wildman–Crippen MR) is 69.5 cm³/mol. The molecule has 0 fully saturated rings. The van der Waals surface area contributed by atoms with Crippen molar-refractivity contribution in [1.29, 1.82) is 0 Å². The number of furan rings is 1. The van der Waals surface area contributed by atoms with Gasteiger partial charge >= 0.3 is 0 Å². The van der Waals surface area contributed by atoms with E-state index in [4.69, 9.17) is 4.42 Å². The summed E-state index contributed by atoms with van der Waals surface area (Å²) in [5.74, 6) is 1.31. The smallest absolute Gasteiger partial charge is 0.251 e. The highest BCUT2D eigenvalue weighted by molar-refractivity contribution is 5.93. The molecule has 0 unspecified atom stereocenters. The first-order valence-corrected chi connectivity index (χ1v) is 5.71. The summed E-state index contributed by atoms with van der Waals surface area (Å²) in [5, 5.41) is 0.962. The number of aryl methyl sites for hydroxylation is 2. The average molecular weight is 240 g/mol. The number of aromatic nitrogens is 2. The number of nitrogens with zero attached hydrogens (tertiary/aromatic N) is 1. The van der Waals surface area contributed by atoms with E-state index >= 15 is 0 Å². The molecule has 1 N–H and O–H groups in total. The van der Waals surface area contributed by atoms with Crippen molar-refractivity contribution in [3.63, 3.8) is 0 Å². The number of benzene rings is 1. The van der Waals surface area contributed by atoms with Crippen molar-refractivity contribution < 1.29 is 4.42 Å². The van der Waals surface area contributed by atoms with Crippen LogP contribution in [0.25, 0.3) is 22.4 Å². The topological polar surface area (TPSA) is 58.9 Å². The summed E-state index contributed by atoms with van der Waals surface area (Å²) in [7, 11) is 0. The van der Waals surface area contributed by atoms with Crippen LogP contribution < -0.4 is 5.56 Å². The third-order valence-corrected chi connectivity index (χ3v) is 2.88. The van der Waals surface area contributed by atoms with Crippen molar-refractivity contribution in [2.45, 2.75) is 13.8 Å². The Morgan fingerprint density at radius 1 is 1.22 bits per heavy atom. The Morgan fingerprint density at radius 3 is 2.78 bits per heavy atom. The molecular formula is C14H12N2O2. The Bertz CT molecular complexity index is 784. The van der Waals surface area contributed by atoms with E-state index in [1.54, 1.807) is 6.92 Å². The van der Waals surface area contributed by atoms with Gasteiger partial charge in [0, 0.05) is 17.1 Å². The first-order chi connectivity index (χ1) is 8.65. The maximum Gasteiger partial charge on any atom is 0.251 e. The van der Waals surface area contributed by atoms with Crippen molar-refractivity contribution in [2.24, 2.45) is 0 Å². The summed E-state index contributed by atoms with van der Waals surface area (Å²) >= 11 is 0. The van der Waals surface area contributed by atoms with Crippen LogP contribution in [0.2, 0.25) is 0 Å². The van der Waals surface area contributed by atoms with E-state index in [0.29, 0.717) is 11.5 Å². The van der Waals surface area contributed by atoms with E-state index in [1.165, 1.54) is 6.07 Å². The van der Waals surface area contributed by atoms with Crippen LogP contribution >= 0.6 is 0 Å². The molecule has 0 aliphatic rings. The Balaban J connectivity index is 2.37. The van der Waals surface area contributed by atoms with Gasteiger partial charge in [-0.3, -0.25) is 4.79 Å². The lowest BCUT2D eigenvalue weighted by Crippen LogP contribution is -2.08. The normalized spacial score (nSPS) is 11.0. The molecule has 0 aliphatic carbocycles. The summed E-state index contributed by atoms with van der Waals surface area (Å²) in [4.78, 5) is 18.7. The molecule has 3 aromatic rings. The summed E-state index contributed by atoms with van der Waals surface area (Å²) in [6.07, 6.45) is 0. The second-order valence-electron chi connectivity index (χ2n) is 4.26. The number of hydrogen-bond acceptors (Lipinski definition) is 3. The lowest BCUT2D eigenvalue weighted by Gasteiger charge is -2.00. The van der Waals surface area contributed by atoms with Crippen LogP contribution in [0.3, 0.4) is 0 Å². The number of nitrogens with one attached hydrogen (secondary N) is 1. The molecule has 2 aromatic heterocycles. The van der Waals surface area contributed by atoms with Crippen LogP contribution in [-0.4, -0.2) is 9.97 Å². The molecule has 3 rings (SSSR count). The van der Waals surface area contributed by atoms with Gasteiger partial charge in [-0.05, 0) is 19.9 Å². The van der Waals surface area contributed by atoms with Gasteiger partial charge in [0.1, 0.15) is 17.2 Å². The standard InChI is InChI=1S/C14H12N2O2/c1-8-7-12(17)16-14(15-8)13-9(2)18-11-6-4-3-5-10(11)13/h3-7H,1-2H3,(H,15,16,17). The van der Waals surface area contributed by atoms with Gasteiger partial charge in [0.15, 0.2) is 0 Å². The molecule has 0 aliphatic heterocycles. The van der Waals surface area contributed by atoms with Crippen LogP contribution in [0.15, 0.2) is 39.5 Å². The molecule has 0 amide bonds. The van der Waals surface area contributed by atoms with E-state index in [0.717, 1.165) is 22.3 Å². The molecule has 0 radical (unpaired) electrons. The molecule has 4 nitrogen and oxygen atoms in total. The molecule has 18 heavy (non-hydrogen) atoms. The number of fused-ring (bicyclic) bond motifs is 1. The van der Waals surface area contributed by atoms with Crippen LogP contribution in [0.1, 0.15) is 11.5 Å². The third-order valence-electron chi connectivity index (χ3n) is 2.88. The summed E-state index contributed by atoms with van der Waals surface area (Å²) in [5.41, 5.74) is 2.20. The Labute approximate surface area is 103 Å². The van der Waals surface area contributed by atoms with Gasteiger partial charge in [0.25, 0.3) is 5.56 Å². The molecule has 0 spiro atoms. The number of hydrogen-bond donors (Lipinski definition) is 1. The first kappa shape index (κ1) is 10.8. The van der Waals surface area contributed by atoms with Gasteiger partial charge in [0.05, 0.1) is 5.56 Å². The number of aromatic amines is 1. The minimum Gasteiger partial charge on any atom is -0.461 e. The Hall–Kier alpha value is -2.36. The zero-order valence-electron chi connectivity index (χ0n) is 10.2. The largest absolute Gasteiger partial charge is 0.461 e. The predicted octanol–water partition coefficient (Wildman–Crippen LogP) is 2.80. The molecule has 0 saturated heterocycles. The lowest BCUT2D eigenvalue weighted by molar-refractivity contribution is 0.579.